The molecule has 116 valence electrons. The average molecular weight is 310 g/mol. The van der Waals surface area contributed by atoms with Crippen LogP contribution in [0.2, 0.25) is 0 Å². The zero-order valence-electron chi connectivity index (χ0n) is 13.3. The molecule has 4 rings (SSSR count). The molecule has 1 aliphatic carbocycles. The van der Waals surface area contributed by atoms with Gasteiger partial charge in [0.2, 0.25) is 0 Å². The van der Waals surface area contributed by atoms with Gasteiger partial charge in [0.05, 0.1) is 11.9 Å². The van der Waals surface area contributed by atoms with Gasteiger partial charge in [-0.3, -0.25) is 5.43 Å². The molecule has 0 unspecified atom stereocenters. The van der Waals surface area contributed by atoms with Gasteiger partial charge in [0.1, 0.15) is 0 Å². The molecule has 0 aromatic heterocycles. The van der Waals surface area contributed by atoms with E-state index < -0.39 is 0 Å². The van der Waals surface area contributed by atoms with Gasteiger partial charge < -0.3 is 0 Å². The van der Waals surface area contributed by atoms with E-state index in [4.69, 9.17) is 0 Å². The quantitative estimate of drug-likeness (QED) is 0.490. The number of hydrogen-bond donors (Lipinski definition) is 1. The standard InChI is InChI=1S/C22H18N2/c1-4-10-19-15-21(14-13-17(19)7-1)24-23-16-20-11-5-6-12-22(20)18-8-2-3-9-18/h1-8,10-16,24H,9H2. The van der Waals surface area contributed by atoms with E-state index in [1.807, 2.05) is 12.3 Å². The van der Waals surface area contributed by atoms with E-state index in [1.54, 1.807) is 0 Å². The average Bonchev–Trinajstić information content (AvgIpc) is 3.16. The van der Waals surface area contributed by atoms with E-state index in [0.29, 0.717) is 0 Å². The third-order valence-corrected chi connectivity index (χ3v) is 4.22. The Balaban J connectivity index is 1.55. The van der Waals surface area contributed by atoms with Crippen molar-refractivity contribution >= 4 is 28.2 Å². The van der Waals surface area contributed by atoms with E-state index in [-0.39, 0.29) is 0 Å². The molecule has 0 spiro atoms. The van der Waals surface area contributed by atoms with Gasteiger partial charge in [0.25, 0.3) is 0 Å². The zero-order chi connectivity index (χ0) is 16.2. The summed E-state index contributed by atoms with van der Waals surface area (Å²) < 4.78 is 0. The molecule has 24 heavy (non-hydrogen) atoms. The van der Waals surface area contributed by atoms with E-state index >= 15 is 0 Å². The minimum Gasteiger partial charge on any atom is -0.278 e. The molecular formula is C22H18N2. The van der Waals surface area contributed by atoms with Crippen molar-refractivity contribution in [1.82, 2.24) is 0 Å². The van der Waals surface area contributed by atoms with Crippen LogP contribution in [0.5, 0.6) is 0 Å². The van der Waals surface area contributed by atoms with Gasteiger partial charge in [0.15, 0.2) is 0 Å². The van der Waals surface area contributed by atoms with Crippen LogP contribution in [0.3, 0.4) is 0 Å². The summed E-state index contributed by atoms with van der Waals surface area (Å²) in [5.41, 5.74) is 7.83. The van der Waals surface area contributed by atoms with Crippen molar-refractivity contribution in [3.8, 4) is 0 Å². The Kier molecular flexibility index (Phi) is 3.95. The van der Waals surface area contributed by atoms with Crippen LogP contribution in [0.4, 0.5) is 5.69 Å². The Morgan fingerprint density at radius 3 is 2.58 bits per heavy atom. The highest BCUT2D eigenvalue weighted by Gasteiger charge is 2.06. The lowest BCUT2D eigenvalue weighted by atomic mass is 10.00. The van der Waals surface area contributed by atoms with Crippen LogP contribution in [0.1, 0.15) is 17.5 Å². The number of allylic oxidation sites excluding steroid dienone is 4. The number of rotatable bonds is 4. The van der Waals surface area contributed by atoms with Gasteiger partial charge in [-0.15, -0.1) is 0 Å². The normalized spacial score (nSPS) is 13.6. The van der Waals surface area contributed by atoms with Gasteiger partial charge in [-0.25, -0.2) is 0 Å². The molecule has 3 aromatic rings. The minimum atomic E-state index is 0.989. The fraction of sp³-hybridized carbons (Fsp3) is 0.0455. The van der Waals surface area contributed by atoms with E-state index in [9.17, 15) is 0 Å². The van der Waals surface area contributed by atoms with Gasteiger partial charge >= 0.3 is 0 Å². The molecule has 0 aliphatic heterocycles. The first-order valence-electron chi connectivity index (χ1n) is 8.13. The summed E-state index contributed by atoms with van der Waals surface area (Å²) >= 11 is 0. The van der Waals surface area contributed by atoms with Crippen molar-refractivity contribution in [3.63, 3.8) is 0 Å². The number of hydrogen-bond acceptors (Lipinski definition) is 2. The molecule has 2 heteroatoms. The smallest absolute Gasteiger partial charge is 0.0568 e. The summed E-state index contributed by atoms with van der Waals surface area (Å²) in [4.78, 5) is 0. The van der Waals surface area contributed by atoms with Crippen LogP contribution < -0.4 is 5.43 Å². The number of anilines is 1. The molecule has 0 radical (unpaired) electrons. The second kappa shape index (κ2) is 6.55. The molecule has 1 aliphatic rings. The first-order chi connectivity index (χ1) is 11.9. The van der Waals surface area contributed by atoms with Crippen molar-refractivity contribution in [2.45, 2.75) is 6.42 Å². The summed E-state index contributed by atoms with van der Waals surface area (Å²) in [6.07, 6.45) is 9.34. The summed E-state index contributed by atoms with van der Waals surface area (Å²) in [5, 5.41) is 6.87. The summed E-state index contributed by atoms with van der Waals surface area (Å²) in [7, 11) is 0. The van der Waals surface area contributed by atoms with Gasteiger partial charge in [-0.05, 0) is 40.5 Å². The Bertz CT molecular complexity index is 964. The van der Waals surface area contributed by atoms with E-state index in [1.165, 1.54) is 21.9 Å². The van der Waals surface area contributed by atoms with E-state index in [2.05, 4.69) is 89.4 Å². The van der Waals surface area contributed by atoms with Crippen molar-refractivity contribution < 1.29 is 0 Å². The topological polar surface area (TPSA) is 24.4 Å². The van der Waals surface area contributed by atoms with Crippen LogP contribution in [0.15, 0.2) is 90.1 Å². The summed E-state index contributed by atoms with van der Waals surface area (Å²) in [5.74, 6) is 0. The SMILES string of the molecule is C1=CCC(c2ccccc2C=NNc2ccc3ccccc3c2)=C1. The predicted molar refractivity (Wildman–Crippen MR) is 103 cm³/mol. The van der Waals surface area contributed by atoms with Crippen LogP contribution >= 0.6 is 0 Å². The number of nitrogens with zero attached hydrogens (tertiary/aromatic N) is 1. The molecule has 0 fully saturated rings. The van der Waals surface area contributed by atoms with Crippen LogP contribution in [-0.2, 0) is 0 Å². The number of hydrazone groups is 1. The van der Waals surface area contributed by atoms with Crippen molar-refractivity contribution in [1.29, 1.82) is 0 Å². The molecular weight excluding hydrogens is 292 g/mol. The van der Waals surface area contributed by atoms with Gasteiger partial charge in [-0.1, -0.05) is 72.8 Å². The second-order valence-electron chi connectivity index (χ2n) is 5.84. The molecule has 0 saturated carbocycles. The molecule has 0 amide bonds. The number of nitrogens with one attached hydrogen (secondary N) is 1. The number of benzene rings is 3. The number of fused-ring (bicyclic) bond motifs is 1. The lowest BCUT2D eigenvalue weighted by Gasteiger charge is -2.07. The molecule has 0 saturated heterocycles. The first-order valence-corrected chi connectivity index (χ1v) is 8.13. The van der Waals surface area contributed by atoms with Crippen molar-refractivity contribution in [2.24, 2.45) is 5.10 Å². The fourth-order valence-electron chi connectivity index (χ4n) is 2.98. The molecule has 0 bridgehead atoms. The molecule has 2 nitrogen and oxygen atoms in total. The van der Waals surface area contributed by atoms with Crippen LogP contribution in [-0.4, -0.2) is 6.21 Å². The Labute approximate surface area is 141 Å². The van der Waals surface area contributed by atoms with Crippen LogP contribution in [0, 0.1) is 0 Å². The summed E-state index contributed by atoms with van der Waals surface area (Å²) in [6, 6.07) is 23.0. The monoisotopic (exact) mass is 310 g/mol. The predicted octanol–water partition coefficient (Wildman–Crippen LogP) is 5.63. The highest BCUT2D eigenvalue weighted by atomic mass is 15.3. The van der Waals surface area contributed by atoms with Gasteiger partial charge in [-0.2, -0.15) is 5.10 Å². The third kappa shape index (κ3) is 2.99. The highest BCUT2D eigenvalue weighted by Crippen LogP contribution is 2.25. The maximum Gasteiger partial charge on any atom is 0.0568 e. The van der Waals surface area contributed by atoms with E-state index in [0.717, 1.165) is 17.7 Å². The summed E-state index contributed by atoms with van der Waals surface area (Å²) in [6.45, 7) is 0. The van der Waals surface area contributed by atoms with Crippen molar-refractivity contribution in [2.75, 3.05) is 5.43 Å². The Morgan fingerprint density at radius 2 is 1.71 bits per heavy atom. The largest absolute Gasteiger partial charge is 0.278 e. The maximum atomic E-state index is 4.43. The van der Waals surface area contributed by atoms with Crippen LogP contribution in [0.25, 0.3) is 16.3 Å². The second-order valence-corrected chi connectivity index (χ2v) is 5.84. The molecule has 3 aromatic carbocycles. The first kappa shape index (κ1) is 14.5. The lowest BCUT2D eigenvalue weighted by Crippen LogP contribution is -1.94. The molecule has 0 heterocycles. The van der Waals surface area contributed by atoms with Gasteiger partial charge in [0, 0.05) is 5.56 Å². The zero-order valence-corrected chi connectivity index (χ0v) is 13.3. The van der Waals surface area contributed by atoms with Crippen molar-refractivity contribution in [3.05, 3.63) is 96.1 Å². The Morgan fingerprint density at radius 1 is 0.875 bits per heavy atom. The molecule has 1 N–H and O–H groups in total. The Hall–Kier alpha value is -3.13. The highest BCUT2D eigenvalue weighted by molar-refractivity contribution is 5.90. The fourth-order valence-corrected chi connectivity index (χ4v) is 2.98. The third-order valence-electron chi connectivity index (χ3n) is 4.22. The lowest BCUT2D eigenvalue weighted by molar-refractivity contribution is 1.35. The molecule has 0 atom stereocenters. The minimum absolute atomic E-state index is 0.989. The maximum absolute atomic E-state index is 4.43.